The molecule has 3 rings (SSSR count). The smallest absolute Gasteiger partial charge is 0.0249 e. The zero-order chi connectivity index (χ0) is 9.42. The predicted octanol–water partition coefficient (Wildman–Crippen LogP) is 0.522. The minimum atomic E-state index is 0.772. The van der Waals surface area contributed by atoms with Crippen LogP contribution in [0.25, 0.3) is 0 Å². The first kappa shape index (κ1) is 9.44. The van der Waals surface area contributed by atoms with Crippen molar-refractivity contribution in [2.45, 2.75) is 25.3 Å². The summed E-state index contributed by atoms with van der Waals surface area (Å²) in [4.78, 5) is 0. The predicted molar refractivity (Wildman–Crippen MR) is 54.1 cm³/mol. The van der Waals surface area contributed by atoms with Gasteiger partial charge in [0.15, 0.2) is 0 Å². The van der Waals surface area contributed by atoms with Crippen LogP contribution in [-0.4, -0.2) is 43.2 Å². The van der Waals surface area contributed by atoms with Gasteiger partial charge in [-0.3, -0.25) is 0 Å². The number of nitrogens with two attached hydrogens (primary N) is 1. The van der Waals surface area contributed by atoms with Crippen molar-refractivity contribution < 1.29 is 0 Å². The van der Waals surface area contributed by atoms with Crippen molar-refractivity contribution in [3.05, 3.63) is 0 Å². The molecule has 3 fully saturated rings. The molecule has 2 aliphatic heterocycles. The lowest BCUT2D eigenvalue weighted by Gasteiger charge is -2.51. The van der Waals surface area contributed by atoms with Crippen molar-refractivity contribution in [3.63, 3.8) is 0 Å². The van der Waals surface area contributed by atoms with E-state index in [-0.39, 0.29) is 0 Å². The van der Waals surface area contributed by atoms with Gasteiger partial charge in [0.25, 0.3) is 0 Å². The third-order valence-electron chi connectivity index (χ3n) is 3.77. The minimum absolute atomic E-state index is 0.772. The fraction of sp³-hybridized carbons (Fsp3) is 1.00. The van der Waals surface area contributed by atoms with Gasteiger partial charge in [-0.2, -0.15) is 0 Å². The Bertz CT molecular complexity index is 181. The number of hydrazine groups is 1. The van der Waals surface area contributed by atoms with Gasteiger partial charge in [0.1, 0.15) is 0 Å². The fourth-order valence-corrected chi connectivity index (χ4v) is 2.98. The third-order valence-corrected chi connectivity index (χ3v) is 3.77. The zero-order valence-electron chi connectivity index (χ0n) is 8.74. The molecule has 1 aliphatic carbocycles. The molecule has 2 heterocycles. The minimum Gasteiger partial charge on any atom is -0.330 e. The summed E-state index contributed by atoms with van der Waals surface area (Å²) in [7, 11) is 4.30. The Labute approximate surface area is 80.8 Å². The molecule has 0 amide bonds. The second kappa shape index (κ2) is 3.56. The maximum atomic E-state index is 5.78. The monoisotopic (exact) mass is 183 g/mol. The highest BCUT2D eigenvalue weighted by atomic mass is 15.6. The summed E-state index contributed by atoms with van der Waals surface area (Å²) in [5.74, 6) is 1.66. The summed E-state index contributed by atoms with van der Waals surface area (Å²) in [6.07, 6.45) is 4.09. The van der Waals surface area contributed by atoms with Gasteiger partial charge in [-0.1, -0.05) is 0 Å². The van der Waals surface area contributed by atoms with Crippen LogP contribution in [0.15, 0.2) is 0 Å². The van der Waals surface area contributed by atoms with Gasteiger partial charge in [0.05, 0.1) is 0 Å². The van der Waals surface area contributed by atoms with Crippen molar-refractivity contribution in [2.24, 2.45) is 17.6 Å². The van der Waals surface area contributed by atoms with Crippen LogP contribution >= 0.6 is 0 Å². The molecule has 1 saturated carbocycles. The quantitative estimate of drug-likeness (QED) is 0.677. The molecule has 76 valence electrons. The highest BCUT2D eigenvalue weighted by Gasteiger charge is 2.40. The van der Waals surface area contributed by atoms with Gasteiger partial charge in [-0.05, 0) is 37.6 Å². The standard InChI is InChI=1S/C10H21N3/c1-12(2)13-7-8-3-4-10(13)5-9(8)6-11/h8-10H,3-7,11H2,1-2H3. The molecule has 2 bridgehead atoms. The van der Waals surface area contributed by atoms with E-state index in [1.54, 1.807) is 0 Å². The van der Waals surface area contributed by atoms with Crippen molar-refractivity contribution >= 4 is 0 Å². The summed E-state index contributed by atoms with van der Waals surface area (Å²) in [5.41, 5.74) is 5.78. The Morgan fingerprint density at radius 1 is 1.38 bits per heavy atom. The van der Waals surface area contributed by atoms with Crippen LogP contribution in [0.5, 0.6) is 0 Å². The van der Waals surface area contributed by atoms with E-state index in [0.29, 0.717) is 0 Å². The molecule has 3 atom stereocenters. The van der Waals surface area contributed by atoms with E-state index in [0.717, 1.165) is 24.4 Å². The summed E-state index contributed by atoms with van der Waals surface area (Å²) in [5, 5.41) is 4.77. The molecule has 2 saturated heterocycles. The summed E-state index contributed by atoms with van der Waals surface area (Å²) in [6, 6.07) is 0.772. The van der Waals surface area contributed by atoms with Crippen LogP contribution in [-0.2, 0) is 0 Å². The van der Waals surface area contributed by atoms with Gasteiger partial charge in [-0.15, -0.1) is 0 Å². The van der Waals surface area contributed by atoms with E-state index in [9.17, 15) is 0 Å². The number of rotatable bonds is 2. The Morgan fingerprint density at radius 2 is 2.15 bits per heavy atom. The normalized spacial score (nSPS) is 40.2. The van der Waals surface area contributed by atoms with Gasteiger partial charge >= 0.3 is 0 Å². The lowest BCUT2D eigenvalue weighted by molar-refractivity contribution is -0.108. The largest absolute Gasteiger partial charge is 0.330 e. The second-order valence-corrected chi connectivity index (χ2v) is 4.69. The third kappa shape index (κ3) is 1.60. The molecule has 3 heteroatoms. The average Bonchev–Trinajstić information content (AvgIpc) is 2.18. The SMILES string of the molecule is CN(C)N1CC2CCC1CC2CN. The van der Waals surface area contributed by atoms with Crippen LogP contribution in [0.4, 0.5) is 0 Å². The number of hydrogen-bond donors (Lipinski definition) is 1. The van der Waals surface area contributed by atoms with Crippen LogP contribution in [0, 0.1) is 11.8 Å². The summed E-state index contributed by atoms with van der Waals surface area (Å²) < 4.78 is 0. The van der Waals surface area contributed by atoms with Gasteiger partial charge in [0.2, 0.25) is 0 Å². The molecule has 0 aromatic rings. The van der Waals surface area contributed by atoms with E-state index in [1.807, 2.05) is 0 Å². The zero-order valence-corrected chi connectivity index (χ0v) is 8.74. The fourth-order valence-electron chi connectivity index (χ4n) is 2.98. The molecule has 3 aliphatic rings. The van der Waals surface area contributed by atoms with E-state index in [4.69, 9.17) is 5.73 Å². The Kier molecular flexibility index (Phi) is 2.58. The highest BCUT2D eigenvalue weighted by Crippen LogP contribution is 2.38. The first-order valence-corrected chi connectivity index (χ1v) is 5.36. The summed E-state index contributed by atoms with van der Waals surface area (Å²) in [6.45, 7) is 2.13. The first-order valence-electron chi connectivity index (χ1n) is 5.36. The lowest BCUT2D eigenvalue weighted by atomic mass is 9.73. The molecular weight excluding hydrogens is 162 g/mol. The maximum Gasteiger partial charge on any atom is 0.0249 e. The van der Waals surface area contributed by atoms with Crippen molar-refractivity contribution in [1.29, 1.82) is 0 Å². The molecule has 3 nitrogen and oxygen atoms in total. The van der Waals surface area contributed by atoms with E-state index in [1.165, 1.54) is 25.8 Å². The Hall–Kier alpha value is -0.120. The number of piperidine rings is 2. The lowest BCUT2D eigenvalue weighted by Crippen LogP contribution is -2.57. The molecule has 3 unspecified atom stereocenters. The number of hydrogen-bond acceptors (Lipinski definition) is 3. The van der Waals surface area contributed by atoms with Crippen molar-refractivity contribution in [3.8, 4) is 0 Å². The Balaban J connectivity index is 2.03. The van der Waals surface area contributed by atoms with Crippen LogP contribution in [0.1, 0.15) is 19.3 Å². The van der Waals surface area contributed by atoms with Crippen LogP contribution < -0.4 is 5.73 Å². The maximum absolute atomic E-state index is 5.78. The number of fused-ring (bicyclic) bond motifs is 3. The average molecular weight is 183 g/mol. The second-order valence-electron chi connectivity index (χ2n) is 4.69. The van der Waals surface area contributed by atoms with Gasteiger partial charge in [0, 0.05) is 26.7 Å². The first-order chi connectivity index (χ1) is 6.22. The molecule has 0 aromatic carbocycles. The molecule has 0 radical (unpaired) electrons. The van der Waals surface area contributed by atoms with Gasteiger partial charge < -0.3 is 5.73 Å². The topological polar surface area (TPSA) is 32.5 Å². The van der Waals surface area contributed by atoms with Crippen LogP contribution in [0.2, 0.25) is 0 Å². The van der Waals surface area contributed by atoms with Crippen LogP contribution in [0.3, 0.4) is 0 Å². The molecule has 13 heavy (non-hydrogen) atoms. The van der Waals surface area contributed by atoms with Gasteiger partial charge in [-0.25, -0.2) is 10.0 Å². The summed E-state index contributed by atoms with van der Waals surface area (Å²) >= 11 is 0. The number of nitrogens with zero attached hydrogens (tertiary/aromatic N) is 2. The van der Waals surface area contributed by atoms with Crippen molar-refractivity contribution in [1.82, 2.24) is 10.0 Å². The Morgan fingerprint density at radius 3 is 2.62 bits per heavy atom. The molecule has 0 aromatic heterocycles. The van der Waals surface area contributed by atoms with Crippen molar-refractivity contribution in [2.75, 3.05) is 27.2 Å². The van der Waals surface area contributed by atoms with E-state index in [2.05, 4.69) is 24.1 Å². The van der Waals surface area contributed by atoms with E-state index >= 15 is 0 Å². The molecular formula is C10H21N3. The highest BCUT2D eigenvalue weighted by molar-refractivity contribution is 4.91. The molecule has 2 N–H and O–H groups in total. The molecule has 0 spiro atoms. The van der Waals surface area contributed by atoms with E-state index < -0.39 is 0 Å².